The van der Waals surface area contributed by atoms with Gasteiger partial charge in [0.2, 0.25) is 5.92 Å². The Kier molecular flexibility index (Phi) is 4.96. The fraction of sp³-hybridized carbons (Fsp3) is 0.588. The van der Waals surface area contributed by atoms with Crippen molar-refractivity contribution in [2.75, 3.05) is 7.05 Å². The van der Waals surface area contributed by atoms with Crippen LogP contribution in [-0.4, -0.2) is 18.8 Å². The van der Waals surface area contributed by atoms with Gasteiger partial charge in [0.1, 0.15) is 5.84 Å². The number of amidine groups is 1. The van der Waals surface area contributed by atoms with Gasteiger partial charge in [0.05, 0.1) is 0 Å². The minimum Gasteiger partial charge on any atom is -0.347 e. The van der Waals surface area contributed by atoms with E-state index in [1.54, 1.807) is 7.05 Å². The Morgan fingerprint density at radius 3 is 2.57 bits per heavy atom. The molecule has 21 heavy (non-hydrogen) atoms. The average molecular weight is 294 g/mol. The third-order valence-corrected chi connectivity index (χ3v) is 4.37. The van der Waals surface area contributed by atoms with E-state index >= 15 is 0 Å². The molecule has 1 N–H and O–H groups in total. The van der Waals surface area contributed by atoms with Gasteiger partial charge in [0, 0.05) is 37.4 Å². The average Bonchev–Trinajstić information content (AvgIpc) is 2.45. The topological polar surface area (TPSA) is 24.4 Å². The van der Waals surface area contributed by atoms with Crippen LogP contribution in [-0.2, 0) is 0 Å². The van der Waals surface area contributed by atoms with E-state index in [1.165, 1.54) is 5.57 Å². The third kappa shape index (κ3) is 4.26. The zero-order chi connectivity index (χ0) is 15.5. The number of alkyl halides is 2. The maximum atomic E-state index is 13.2. The number of rotatable bonds is 3. The van der Waals surface area contributed by atoms with Crippen LogP contribution in [0.2, 0.25) is 0 Å². The zero-order valence-electron chi connectivity index (χ0n) is 12.8. The van der Waals surface area contributed by atoms with Gasteiger partial charge in [-0.3, -0.25) is 4.99 Å². The Bertz CT molecular complexity index is 479. The Morgan fingerprint density at radius 2 is 2.05 bits per heavy atom. The minimum absolute atomic E-state index is 0.0455. The highest BCUT2D eigenvalue weighted by molar-refractivity contribution is 5.86. The Labute approximate surface area is 125 Å². The summed E-state index contributed by atoms with van der Waals surface area (Å²) in [6, 6.07) is 0. The molecule has 1 unspecified atom stereocenters. The number of hydrogen-bond donors (Lipinski definition) is 1. The van der Waals surface area contributed by atoms with E-state index in [-0.39, 0.29) is 24.7 Å². The van der Waals surface area contributed by atoms with Gasteiger partial charge in [-0.05, 0) is 26.2 Å². The third-order valence-electron chi connectivity index (χ3n) is 4.37. The molecule has 1 fully saturated rings. The number of nitrogens with one attached hydrogen (secondary N) is 1. The van der Waals surface area contributed by atoms with E-state index in [9.17, 15) is 8.78 Å². The van der Waals surface area contributed by atoms with E-state index < -0.39 is 5.92 Å². The Hall–Kier alpha value is -1.45. The molecule has 0 aromatic rings. The predicted octanol–water partition coefficient (Wildman–Crippen LogP) is 4.47. The maximum Gasteiger partial charge on any atom is 0.248 e. The van der Waals surface area contributed by atoms with Crippen molar-refractivity contribution in [2.24, 2.45) is 16.8 Å². The van der Waals surface area contributed by atoms with Crippen LogP contribution in [0.25, 0.3) is 0 Å². The van der Waals surface area contributed by atoms with Crippen molar-refractivity contribution in [1.29, 1.82) is 0 Å². The summed E-state index contributed by atoms with van der Waals surface area (Å²) < 4.78 is 26.5. The van der Waals surface area contributed by atoms with Crippen LogP contribution in [0.5, 0.6) is 0 Å². The van der Waals surface area contributed by atoms with Crippen LogP contribution in [0.4, 0.5) is 8.78 Å². The second kappa shape index (κ2) is 6.54. The Morgan fingerprint density at radius 1 is 1.38 bits per heavy atom. The van der Waals surface area contributed by atoms with E-state index in [1.807, 2.05) is 0 Å². The number of halogens is 2. The number of aliphatic imine (C=N–C) groups is 1. The Balaban J connectivity index is 1.91. The molecule has 1 atom stereocenters. The lowest BCUT2D eigenvalue weighted by Gasteiger charge is -2.30. The van der Waals surface area contributed by atoms with Gasteiger partial charge in [-0.2, -0.15) is 0 Å². The van der Waals surface area contributed by atoms with Gasteiger partial charge in [-0.15, -0.1) is 0 Å². The first kappa shape index (κ1) is 15.9. The van der Waals surface area contributed by atoms with E-state index in [2.05, 4.69) is 42.0 Å². The van der Waals surface area contributed by atoms with Gasteiger partial charge >= 0.3 is 0 Å². The number of nitrogens with zero attached hydrogens (tertiary/aromatic N) is 1. The lowest BCUT2D eigenvalue weighted by atomic mass is 9.85. The highest BCUT2D eigenvalue weighted by Crippen LogP contribution is 2.36. The van der Waals surface area contributed by atoms with Crippen LogP contribution < -0.4 is 5.32 Å². The molecule has 2 nitrogen and oxygen atoms in total. The summed E-state index contributed by atoms with van der Waals surface area (Å²) in [5.41, 5.74) is 2.16. The zero-order valence-corrected chi connectivity index (χ0v) is 12.8. The molecule has 0 bridgehead atoms. The van der Waals surface area contributed by atoms with E-state index in [0.717, 1.165) is 18.0 Å². The maximum absolute atomic E-state index is 13.2. The molecule has 0 radical (unpaired) electrons. The number of hydrogen-bond acceptors (Lipinski definition) is 1. The summed E-state index contributed by atoms with van der Waals surface area (Å²) in [5, 5.41) is 3.28. The molecule has 4 heteroatoms. The summed E-state index contributed by atoms with van der Waals surface area (Å²) >= 11 is 0. The van der Waals surface area contributed by atoms with Gasteiger partial charge in [0.25, 0.3) is 0 Å². The molecule has 0 amide bonds. The molecular weight excluding hydrogens is 270 g/mol. The first-order valence-electron chi connectivity index (χ1n) is 7.56. The van der Waals surface area contributed by atoms with E-state index in [0.29, 0.717) is 12.8 Å². The van der Waals surface area contributed by atoms with Crippen molar-refractivity contribution in [3.8, 4) is 0 Å². The van der Waals surface area contributed by atoms with Crippen molar-refractivity contribution in [3.05, 3.63) is 36.1 Å². The van der Waals surface area contributed by atoms with Crippen molar-refractivity contribution in [2.45, 2.75) is 45.0 Å². The molecule has 2 aliphatic carbocycles. The van der Waals surface area contributed by atoms with Crippen LogP contribution in [0.1, 0.15) is 39.0 Å². The quantitative estimate of drug-likeness (QED) is 0.603. The summed E-state index contributed by atoms with van der Waals surface area (Å²) in [7, 11) is 1.71. The first-order chi connectivity index (χ1) is 9.91. The van der Waals surface area contributed by atoms with Gasteiger partial charge in [-0.25, -0.2) is 8.78 Å². The largest absolute Gasteiger partial charge is 0.347 e. The van der Waals surface area contributed by atoms with Crippen LogP contribution in [0.3, 0.4) is 0 Å². The fourth-order valence-electron chi connectivity index (χ4n) is 2.90. The SMILES string of the molecule is C=C(NC(=NC)C1CCC(F)(F)CC1)C1C=CC(C)=CC1. The lowest BCUT2D eigenvalue weighted by molar-refractivity contribution is -0.0396. The van der Waals surface area contributed by atoms with Crippen LogP contribution in [0, 0.1) is 11.8 Å². The smallest absolute Gasteiger partial charge is 0.248 e. The second-order valence-electron chi connectivity index (χ2n) is 6.04. The predicted molar refractivity (Wildman–Crippen MR) is 83.5 cm³/mol. The van der Waals surface area contributed by atoms with Crippen LogP contribution >= 0.6 is 0 Å². The van der Waals surface area contributed by atoms with Crippen molar-refractivity contribution >= 4 is 5.84 Å². The fourth-order valence-corrected chi connectivity index (χ4v) is 2.90. The summed E-state index contributed by atoms with van der Waals surface area (Å²) in [5.74, 6) is -1.36. The highest BCUT2D eigenvalue weighted by atomic mass is 19.3. The van der Waals surface area contributed by atoms with Gasteiger partial charge < -0.3 is 5.32 Å². The summed E-state index contributed by atoms with van der Waals surface area (Å²) in [6.45, 7) is 6.17. The number of allylic oxidation sites excluding steroid dienone is 4. The van der Waals surface area contributed by atoms with Crippen molar-refractivity contribution < 1.29 is 8.78 Å². The standard InChI is InChI=1S/C17H24F2N2/c1-12-4-6-14(7-5-12)13(2)21-16(20-3)15-8-10-17(18,19)11-9-15/h4-6,14-15H,2,7-11H2,1,3H3,(H,20,21). The van der Waals surface area contributed by atoms with Gasteiger partial charge in [-0.1, -0.05) is 30.4 Å². The molecule has 0 aromatic carbocycles. The minimum atomic E-state index is -2.50. The summed E-state index contributed by atoms with van der Waals surface area (Å²) in [6.07, 6.45) is 8.21. The molecule has 2 rings (SSSR count). The molecule has 0 aromatic heterocycles. The highest BCUT2D eigenvalue weighted by Gasteiger charge is 2.36. The molecule has 116 valence electrons. The normalized spacial score (nSPS) is 26.4. The molecular formula is C17H24F2N2. The molecule has 0 spiro atoms. The van der Waals surface area contributed by atoms with Crippen molar-refractivity contribution in [1.82, 2.24) is 5.32 Å². The molecule has 0 heterocycles. The molecule has 0 saturated heterocycles. The lowest BCUT2D eigenvalue weighted by Crippen LogP contribution is -2.36. The van der Waals surface area contributed by atoms with Crippen LogP contribution in [0.15, 0.2) is 41.1 Å². The second-order valence-corrected chi connectivity index (χ2v) is 6.04. The van der Waals surface area contributed by atoms with Crippen molar-refractivity contribution in [3.63, 3.8) is 0 Å². The van der Waals surface area contributed by atoms with E-state index in [4.69, 9.17) is 0 Å². The van der Waals surface area contributed by atoms with Gasteiger partial charge in [0.15, 0.2) is 0 Å². The molecule has 2 aliphatic rings. The summed E-state index contributed by atoms with van der Waals surface area (Å²) in [4.78, 5) is 4.27. The molecule has 1 saturated carbocycles. The first-order valence-corrected chi connectivity index (χ1v) is 7.56. The molecule has 0 aliphatic heterocycles. The monoisotopic (exact) mass is 294 g/mol.